The highest BCUT2D eigenvalue weighted by atomic mass is 35.5. The van der Waals surface area contributed by atoms with Crippen LogP contribution in [0, 0.1) is 6.92 Å². The summed E-state index contributed by atoms with van der Waals surface area (Å²) in [4.78, 5) is 0. The van der Waals surface area contributed by atoms with Crippen LogP contribution in [0.1, 0.15) is 17.2 Å². The van der Waals surface area contributed by atoms with Gasteiger partial charge in [0.1, 0.15) is 5.75 Å². The van der Waals surface area contributed by atoms with Crippen molar-refractivity contribution in [3.63, 3.8) is 0 Å². The van der Waals surface area contributed by atoms with Gasteiger partial charge in [0, 0.05) is 17.1 Å². The van der Waals surface area contributed by atoms with E-state index >= 15 is 0 Å². The second-order valence-corrected chi connectivity index (χ2v) is 4.18. The van der Waals surface area contributed by atoms with Gasteiger partial charge in [0.2, 0.25) is 0 Å². The molecule has 1 aromatic carbocycles. The van der Waals surface area contributed by atoms with Crippen molar-refractivity contribution >= 4 is 24.0 Å². The molecule has 1 heterocycles. The number of benzene rings is 1. The average Bonchev–Trinajstić information content (AvgIpc) is 2.24. The van der Waals surface area contributed by atoms with Crippen LogP contribution in [0.15, 0.2) is 12.1 Å². The van der Waals surface area contributed by atoms with E-state index in [1.54, 1.807) is 12.1 Å². The van der Waals surface area contributed by atoms with E-state index in [0.717, 1.165) is 24.3 Å². The Morgan fingerprint density at radius 2 is 2.25 bits per heavy atom. The molecular weight excluding hydrogens is 249 g/mol. The molecule has 1 aliphatic heterocycles. The molecule has 0 amide bonds. The van der Waals surface area contributed by atoms with Crippen LogP contribution in [0.25, 0.3) is 0 Å². The molecule has 0 unspecified atom stereocenters. The average molecular weight is 264 g/mol. The molecule has 90 valence electrons. The molecule has 0 saturated carbocycles. The van der Waals surface area contributed by atoms with Crippen molar-refractivity contribution in [1.29, 1.82) is 0 Å². The molecule has 16 heavy (non-hydrogen) atoms. The number of nitrogens with one attached hydrogen (secondary N) is 1. The minimum atomic E-state index is 0. The van der Waals surface area contributed by atoms with Crippen LogP contribution in [-0.4, -0.2) is 24.9 Å². The predicted molar refractivity (Wildman–Crippen MR) is 66.7 cm³/mol. The van der Waals surface area contributed by atoms with E-state index in [0.29, 0.717) is 17.4 Å². The third-order valence-corrected chi connectivity index (χ3v) is 2.81. The first kappa shape index (κ1) is 13.6. The molecule has 1 fully saturated rings. The van der Waals surface area contributed by atoms with E-state index < -0.39 is 0 Å². The summed E-state index contributed by atoms with van der Waals surface area (Å²) >= 11 is 5.96. The molecule has 0 spiro atoms. The number of ether oxygens (including phenoxy) is 1. The lowest BCUT2D eigenvalue weighted by Gasteiger charge is -2.25. The fourth-order valence-corrected chi connectivity index (χ4v) is 2.07. The summed E-state index contributed by atoms with van der Waals surface area (Å²) in [5, 5.41) is 13.9. The lowest BCUT2D eigenvalue weighted by atomic mass is 10.0. The number of morpholine rings is 1. The van der Waals surface area contributed by atoms with E-state index in [9.17, 15) is 5.11 Å². The molecule has 1 atom stereocenters. The van der Waals surface area contributed by atoms with Crippen molar-refractivity contribution in [1.82, 2.24) is 5.32 Å². The first-order valence-electron chi connectivity index (χ1n) is 4.98. The van der Waals surface area contributed by atoms with Crippen LogP contribution in [0.3, 0.4) is 0 Å². The smallest absolute Gasteiger partial charge is 0.123 e. The molecule has 2 N–H and O–H groups in total. The molecule has 2 rings (SSSR count). The fraction of sp³-hybridized carbons (Fsp3) is 0.455. The van der Waals surface area contributed by atoms with E-state index in [-0.39, 0.29) is 18.4 Å². The van der Waals surface area contributed by atoms with Gasteiger partial charge in [0.25, 0.3) is 0 Å². The standard InChI is InChI=1S/C11H14ClNO2.ClH/c1-7-4-8(12)5-9(11(7)14)10-6-15-3-2-13-10;/h4-5,10,13-14H,2-3,6H2,1H3;1H/t10-;/m0./s1. The molecule has 0 bridgehead atoms. The van der Waals surface area contributed by atoms with Crippen LogP contribution in [0.2, 0.25) is 5.02 Å². The zero-order valence-electron chi connectivity index (χ0n) is 9.00. The van der Waals surface area contributed by atoms with Crippen molar-refractivity contribution in [2.75, 3.05) is 19.8 Å². The molecule has 1 aromatic rings. The highest BCUT2D eigenvalue weighted by molar-refractivity contribution is 6.30. The Bertz CT molecular complexity index is 365. The first-order chi connectivity index (χ1) is 7.18. The monoisotopic (exact) mass is 263 g/mol. The third-order valence-electron chi connectivity index (χ3n) is 2.59. The van der Waals surface area contributed by atoms with E-state index in [1.807, 2.05) is 6.92 Å². The van der Waals surface area contributed by atoms with Crippen LogP contribution >= 0.6 is 24.0 Å². The topological polar surface area (TPSA) is 41.5 Å². The van der Waals surface area contributed by atoms with Crippen LogP contribution in [0.5, 0.6) is 5.75 Å². The first-order valence-corrected chi connectivity index (χ1v) is 5.36. The van der Waals surface area contributed by atoms with Gasteiger partial charge < -0.3 is 15.2 Å². The van der Waals surface area contributed by atoms with Gasteiger partial charge in [-0.1, -0.05) is 11.6 Å². The Morgan fingerprint density at radius 3 is 2.88 bits per heavy atom. The van der Waals surface area contributed by atoms with Crippen LogP contribution in [0.4, 0.5) is 0 Å². The minimum Gasteiger partial charge on any atom is -0.507 e. The summed E-state index contributed by atoms with van der Waals surface area (Å²) < 4.78 is 5.35. The number of aromatic hydroxyl groups is 1. The largest absolute Gasteiger partial charge is 0.507 e. The molecular formula is C11H15Cl2NO2. The van der Waals surface area contributed by atoms with Gasteiger partial charge >= 0.3 is 0 Å². The Kier molecular flexibility index (Phi) is 4.87. The van der Waals surface area contributed by atoms with E-state index in [4.69, 9.17) is 16.3 Å². The zero-order valence-corrected chi connectivity index (χ0v) is 10.6. The van der Waals surface area contributed by atoms with Gasteiger partial charge in [-0.3, -0.25) is 0 Å². The predicted octanol–water partition coefficient (Wildman–Crippen LogP) is 2.44. The Labute approximate surface area is 106 Å². The van der Waals surface area contributed by atoms with Gasteiger partial charge in [-0.25, -0.2) is 0 Å². The van der Waals surface area contributed by atoms with Crippen molar-refractivity contribution in [3.05, 3.63) is 28.3 Å². The molecule has 0 radical (unpaired) electrons. The summed E-state index contributed by atoms with van der Waals surface area (Å²) in [5.41, 5.74) is 1.62. The number of phenols is 1. The van der Waals surface area contributed by atoms with Crippen molar-refractivity contribution in [3.8, 4) is 5.75 Å². The Hall–Kier alpha value is -0.480. The SMILES string of the molecule is Cc1cc(Cl)cc([C@@H]2COCCN2)c1O.Cl. The molecule has 1 saturated heterocycles. The highest BCUT2D eigenvalue weighted by Gasteiger charge is 2.19. The molecule has 0 aliphatic carbocycles. The van der Waals surface area contributed by atoms with Crippen LogP contribution < -0.4 is 5.32 Å². The zero-order chi connectivity index (χ0) is 10.8. The van der Waals surface area contributed by atoms with E-state index in [2.05, 4.69) is 5.32 Å². The number of halogens is 2. The number of hydrogen-bond donors (Lipinski definition) is 2. The summed E-state index contributed by atoms with van der Waals surface area (Å²) in [6.07, 6.45) is 0. The summed E-state index contributed by atoms with van der Waals surface area (Å²) in [7, 11) is 0. The molecule has 1 aliphatic rings. The summed E-state index contributed by atoms with van der Waals surface area (Å²) in [6, 6.07) is 3.58. The van der Waals surface area contributed by atoms with Crippen molar-refractivity contribution in [2.45, 2.75) is 13.0 Å². The number of rotatable bonds is 1. The quantitative estimate of drug-likeness (QED) is 0.818. The van der Waals surface area contributed by atoms with Gasteiger partial charge in [0.15, 0.2) is 0 Å². The van der Waals surface area contributed by atoms with Crippen molar-refractivity contribution in [2.24, 2.45) is 0 Å². The molecule has 5 heteroatoms. The van der Waals surface area contributed by atoms with Crippen LogP contribution in [-0.2, 0) is 4.74 Å². The second kappa shape index (κ2) is 5.73. The van der Waals surface area contributed by atoms with Gasteiger partial charge in [-0.15, -0.1) is 12.4 Å². The Morgan fingerprint density at radius 1 is 1.50 bits per heavy atom. The maximum atomic E-state index is 9.92. The third kappa shape index (κ3) is 2.80. The second-order valence-electron chi connectivity index (χ2n) is 3.74. The lowest BCUT2D eigenvalue weighted by molar-refractivity contribution is 0.0761. The fourth-order valence-electron chi connectivity index (χ4n) is 1.79. The summed E-state index contributed by atoms with van der Waals surface area (Å²) in [5.74, 6) is 0.308. The van der Waals surface area contributed by atoms with Gasteiger partial charge in [-0.05, 0) is 24.6 Å². The lowest BCUT2D eigenvalue weighted by Crippen LogP contribution is -2.34. The minimum absolute atomic E-state index is 0. The molecule has 3 nitrogen and oxygen atoms in total. The maximum Gasteiger partial charge on any atom is 0.123 e. The number of aryl methyl sites for hydroxylation is 1. The van der Waals surface area contributed by atoms with Gasteiger partial charge in [0.05, 0.1) is 19.3 Å². The maximum absolute atomic E-state index is 9.92. The number of hydrogen-bond acceptors (Lipinski definition) is 3. The normalized spacial score (nSPS) is 20.2. The van der Waals surface area contributed by atoms with E-state index in [1.165, 1.54) is 0 Å². The van der Waals surface area contributed by atoms with Crippen molar-refractivity contribution < 1.29 is 9.84 Å². The Balaban J connectivity index is 0.00000128. The number of phenolic OH excluding ortho intramolecular Hbond substituents is 1. The molecule has 0 aromatic heterocycles. The van der Waals surface area contributed by atoms with Gasteiger partial charge in [-0.2, -0.15) is 0 Å². The summed E-state index contributed by atoms with van der Waals surface area (Å²) in [6.45, 7) is 3.94. The highest BCUT2D eigenvalue weighted by Crippen LogP contribution is 2.31.